The number of hydrogen-bond donors (Lipinski definition) is 4. The molecule has 0 atom stereocenters. The molecule has 0 spiro atoms. The highest BCUT2D eigenvalue weighted by Crippen LogP contribution is 2.13. The van der Waals surface area contributed by atoms with Crippen LogP contribution in [0.25, 0.3) is 0 Å². The summed E-state index contributed by atoms with van der Waals surface area (Å²) in [4.78, 5) is 24.0. The lowest BCUT2D eigenvalue weighted by atomic mass is 10.1. The van der Waals surface area contributed by atoms with Crippen molar-refractivity contribution in [2.24, 2.45) is 20.5 Å². The normalized spacial score (nSPS) is 11.8. The fraction of sp³-hybridized carbons (Fsp3) is 0.158. The monoisotopic (exact) mass is 434 g/mol. The van der Waals surface area contributed by atoms with Gasteiger partial charge in [-0.2, -0.15) is 9.02 Å². The number of benzene rings is 2. The van der Waals surface area contributed by atoms with Crippen molar-refractivity contribution in [2.45, 2.75) is 19.3 Å². The van der Waals surface area contributed by atoms with Gasteiger partial charge in [0.25, 0.3) is 0 Å². The van der Waals surface area contributed by atoms with Gasteiger partial charge in [0.1, 0.15) is 11.7 Å². The number of anilines is 2. The van der Waals surface area contributed by atoms with Crippen LogP contribution in [0.1, 0.15) is 30.4 Å². The fourth-order valence-electron chi connectivity index (χ4n) is 2.40. The molecule has 8 nitrogen and oxygen atoms in total. The maximum Gasteiger partial charge on any atom is 0.224 e. The number of carbonyl (C=O) groups excluding carboxylic acids is 2. The molecule has 0 radical (unpaired) electrons. The lowest BCUT2D eigenvalue weighted by molar-refractivity contribution is -0.117. The van der Waals surface area contributed by atoms with Gasteiger partial charge >= 0.3 is 0 Å². The minimum absolute atomic E-state index is 0.190. The predicted molar refractivity (Wildman–Crippen MR) is 117 cm³/mol. The first-order valence-electron chi connectivity index (χ1n) is 8.62. The largest absolute Gasteiger partial charge is 0.382 e. The highest BCUT2D eigenvalue weighted by atomic mass is 35.5. The van der Waals surface area contributed by atoms with Crippen molar-refractivity contribution in [1.82, 2.24) is 0 Å². The summed E-state index contributed by atoms with van der Waals surface area (Å²) < 4.78 is 6.75. The molecule has 2 rings (SSSR count). The zero-order valence-corrected chi connectivity index (χ0v) is 16.9. The Morgan fingerprint density at radius 2 is 1.07 bits per heavy atom. The number of nitrogens with two attached hydrogens (primary N) is 2. The molecule has 0 fully saturated rings. The minimum Gasteiger partial charge on any atom is -0.382 e. The summed E-state index contributed by atoms with van der Waals surface area (Å²) in [7, 11) is 0. The second kappa shape index (κ2) is 11.0. The maximum absolute atomic E-state index is 12.0. The van der Waals surface area contributed by atoms with E-state index in [1.54, 1.807) is 48.5 Å². The zero-order chi connectivity index (χ0) is 21.2. The van der Waals surface area contributed by atoms with E-state index in [-0.39, 0.29) is 36.3 Å². The molecule has 0 bridgehead atoms. The Hall–Kier alpha value is -3.10. The topological polar surface area (TPSA) is 135 Å². The third-order valence-corrected chi connectivity index (χ3v) is 4.28. The summed E-state index contributed by atoms with van der Waals surface area (Å²) in [5.74, 6) is 0.0103. The third kappa shape index (κ3) is 7.10. The highest BCUT2D eigenvalue weighted by molar-refractivity contribution is 6.22. The van der Waals surface area contributed by atoms with E-state index in [9.17, 15) is 9.59 Å². The van der Waals surface area contributed by atoms with E-state index in [1.165, 1.54) is 0 Å². The van der Waals surface area contributed by atoms with E-state index < -0.39 is 0 Å². The molecule has 6 N–H and O–H groups in total. The molecule has 0 aliphatic carbocycles. The van der Waals surface area contributed by atoms with Crippen LogP contribution in [-0.2, 0) is 9.59 Å². The van der Waals surface area contributed by atoms with Gasteiger partial charge in [-0.3, -0.25) is 9.59 Å². The summed E-state index contributed by atoms with van der Waals surface area (Å²) in [6, 6.07) is 13.6. The molecule has 2 aromatic rings. The van der Waals surface area contributed by atoms with Gasteiger partial charge in [-0.1, -0.05) is 0 Å². The number of rotatable bonds is 8. The molecular weight excluding hydrogens is 415 g/mol. The fourth-order valence-corrected chi connectivity index (χ4v) is 2.60. The Labute approximate surface area is 178 Å². The van der Waals surface area contributed by atoms with E-state index in [0.29, 0.717) is 28.9 Å². The Bertz CT molecular complexity index is 836. The quantitative estimate of drug-likeness (QED) is 0.374. The van der Waals surface area contributed by atoms with Crippen molar-refractivity contribution in [3.63, 3.8) is 0 Å². The Kier molecular flexibility index (Phi) is 8.45. The molecule has 2 amide bonds. The van der Waals surface area contributed by atoms with Crippen LogP contribution in [0.5, 0.6) is 0 Å². The smallest absolute Gasteiger partial charge is 0.224 e. The number of nitrogens with zero attached hydrogens (tertiary/aromatic N) is 2. The lowest BCUT2D eigenvalue weighted by Crippen LogP contribution is -2.16. The van der Waals surface area contributed by atoms with Crippen molar-refractivity contribution >= 4 is 58.4 Å². The summed E-state index contributed by atoms with van der Waals surface area (Å²) in [5, 5.41) is 5.51. The first-order valence-corrected chi connectivity index (χ1v) is 9.30. The molecule has 152 valence electrons. The molecule has 0 saturated carbocycles. The zero-order valence-electron chi connectivity index (χ0n) is 15.4. The van der Waals surface area contributed by atoms with E-state index in [2.05, 4.69) is 19.7 Å². The molecule has 29 heavy (non-hydrogen) atoms. The van der Waals surface area contributed by atoms with E-state index >= 15 is 0 Å². The molecule has 2 aromatic carbocycles. The second-order valence-electron chi connectivity index (χ2n) is 6.04. The Balaban J connectivity index is 1.74. The number of amidine groups is 2. The molecular formula is C19H20Cl2N6O2. The second-order valence-corrected chi connectivity index (χ2v) is 6.38. The number of amides is 2. The van der Waals surface area contributed by atoms with Gasteiger partial charge in [-0.05, 0) is 55.0 Å². The SMILES string of the molecule is NC(=NCl)c1ccc(NC(=O)CCCC(=O)Nc2ccc(C(N)=NCl)cc2)cc1. The minimum atomic E-state index is -0.190. The van der Waals surface area contributed by atoms with Gasteiger partial charge in [0.2, 0.25) is 11.8 Å². The van der Waals surface area contributed by atoms with Crippen LogP contribution in [0.2, 0.25) is 0 Å². The van der Waals surface area contributed by atoms with Gasteiger partial charge in [0.05, 0.1) is 0 Å². The summed E-state index contributed by atoms with van der Waals surface area (Å²) in [6.07, 6.45) is 0.829. The van der Waals surface area contributed by atoms with Crippen LogP contribution in [0.3, 0.4) is 0 Å². The van der Waals surface area contributed by atoms with E-state index in [1.807, 2.05) is 0 Å². The summed E-state index contributed by atoms with van der Waals surface area (Å²) in [5.41, 5.74) is 13.7. The van der Waals surface area contributed by atoms with Crippen LogP contribution in [0, 0.1) is 0 Å². The average molecular weight is 435 g/mol. The molecule has 0 saturated heterocycles. The van der Waals surface area contributed by atoms with Crippen molar-refractivity contribution in [2.75, 3.05) is 10.6 Å². The molecule has 10 heteroatoms. The van der Waals surface area contributed by atoms with Gasteiger partial charge < -0.3 is 22.1 Å². The lowest BCUT2D eigenvalue weighted by Gasteiger charge is -2.08. The number of halogens is 2. The highest BCUT2D eigenvalue weighted by Gasteiger charge is 2.07. The number of carbonyl (C=O) groups is 2. The molecule has 0 heterocycles. The number of nitrogens with one attached hydrogen (secondary N) is 2. The van der Waals surface area contributed by atoms with Crippen LogP contribution in [0.15, 0.2) is 57.6 Å². The van der Waals surface area contributed by atoms with Crippen LogP contribution in [-0.4, -0.2) is 23.5 Å². The van der Waals surface area contributed by atoms with Crippen molar-refractivity contribution in [1.29, 1.82) is 0 Å². The van der Waals surface area contributed by atoms with Crippen molar-refractivity contribution in [3.05, 3.63) is 59.7 Å². The third-order valence-electron chi connectivity index (χ3n) is 3.92. The standard InChI is InChI=1S/C19H20Cl2N6O2/c20-26-18(22)12-4-8-14(9-5-12)24-16(28)2-1-3-17(29)25-15-10-6-13(7-11-15)19(23)27-21/h4-11H,1-3H2,(H2,22,26)(H2,23,27)(H,24,28)(H,25,29). The van der Waals surface area contributed by atoms with E-state index in [0.717, 1.165) is 0 Å². The van der Waals surface area contributed by atoms with Gasteiger partial charge in [-0.15, -0.1) is 0 Å². The van der Waals surface area contributed by atoms with Crippen LogP contribution >= 0.6 is 23.6 Å². The summed E-state index contributed by atoms with van der Waals surface area (Å²) in [6.45, 7) is 0. The van der Waals surface area contributed by atoms with Crippen molar-refractivity contribution < 1.29 is 9.59 Å². The van der Waals surface area contributed by atoms with Gasteiger partial charge in [-0.25, -0.2) is 0 Å². The van der Waals surface area contributed by atoms with Crippen LogP contribution < -0.4 is 22.1 Å². The molecule has 0 aliphatic rings. The predicted octanol–water partition coefficient (Wildman–Crippen LogP) is 3.15. The Morgan fingerprint density at radius 1 is 0.724 bits per heavy atom. The molecule has 0 aliphatic heterocycles. The van der Waals surface area contributed by atoms with E-state index in [4.69, 9.17) is 35.0 Å². The van der Waals surface area contributed by atoms with Crippen molar-refractivity contribution in [3.8, 4) is 0 Å². The number of hydrogen-bond acceptors (Lipinski definition) is 4. The first kappa shape index (κ1) is 22.2. The maximum atomic E-state index is 12.0. The molecule has 0 unspecified atom stereocenters. The van der Waals surface area contributed by atoms with Gasteiger partial charge in [0.15, 0.2) is 0 Å². The van der Waals surface area contributed by atoms with Gasteiger partial charge in [0, 0.05) is 58.9 Å². The first-order chi connectivity index (χ1) is 13.9. The average Bonchev–Trinajstić information content (AvgIpc) is 2.73. The molecule has 0 aromatic heterocycles. The Morgan fingerprint density at radius 3 is 1.38 bits per heavy atom. The summed E-state index contributed by atoms with van der Waals surface area (Å²) >= 11 is 10.6. The van der Waals surface area contributed by atoms with Crippen LogP contribution in [0.4, 0.5) is 11.4 Å².